The molecular weight excluding hydrogens is 1370 g/mol. The number of aromatic hydroxyl groups is 2. The zero-order valence-corrected chi connectivity index (χ0v) is 63.8. The number of halogens is 4. The van der Waals surface area contributed by atoms with Crippen LogP contribution in [0.2, 0.25) is 0 Å². The van der Waals surface area contributed by atoms with Gasteiger partial charge in [0, 0.05) is 55.6 Å². The minimum absolute atomic E-state index is 0. The molecule has 0 bridgehead atoms. The molecule has 0 amide bonds. The van der Waals surface area contributed by atoms with Crippen LogP contribution in [-0.4, -0.2) is 193 Å². The molecule has 102 heavy (non-hydrogen) atoms. The summed E-state index contributed by atoms with van der Waals surface area (Å²) in [6.45, 7) is 20.6. The Morgan fingerprint density at radius 3 is 0.725 bits per heavy atom. The van der Waals surface area contributed by atoms with Gasteiger partial charge in [-0.05, 0) is 249 Å². The van der Waals surface area contributed by atoms with Gasteiger partial charge in [0.1, 0.15) is 73.5 Å². The van der Waals surface area contributed by atoms with Gasteiger partial charge in [-0.1, -0.05) is 113 Å². The van der Waals surface area contributed by atoms with Crippen molar-refractivity contribution in [1.29, 1.82) is 0 Å². The third kappa shape index (κ3) is 42.9. The number of aldehydes is 2. The fraction of sp³-hybridized carbons (Fsp3) is 0.537. The van der Waals surface area contributed by atoms with E-state index in [1.807, 2.05) is 84.9 Å². The van der Waals surface area contributed by atoms with Gasteiger partial charge in [0.25, 0.3) is 0 Å². The summed E-state index contributed by atoms with van der Waals surface area (Å²) < 4.78 is 22.9. The van der Waals surface area contributed by atoms with Crippen LogP contribution in [0.25, 0.3) is 0 Å². The van der Waals surface area contributed by atoms with Crippen molar-refractivity contribution in [2.24, 2.45) is 0 Å². The van der Waals surface area contributed by atoms with Crippen molar-refractivity contribution >= 4 is 60.6 Å². The van der Waals surface area contributed by atoms with Crippen LogP contribution in [0.1, 0.15) is 171 Å². The van der Waals surface area contributed by atoms with E-state index < -0.39 is 0 Å². The van der Waals surface area contributed by atoms with Crippen LogP contribution in [-0.2, 0) is 25.7 Å². The molecule has 5 aliphatic heterocycles. The fourth-order valence-electron chi connectivity index (χ4n) is 11.9. The first kappa shape index (κ1) is 90.5. The van der Waals surface area contributed by atoms with Crippen molar-refractivity contribution in [3.8, 4) is 34.5 Å². The number of likely N-dealkylation sites (tertiary alicyclic amines) is 5. The molecule has 5 heterocycles. The van der Waals surface area contributed by atoms with Crippen LogP contribution in [0.3, 0.4) is 0 Å². The number of nitrogens with zero attached hydrogens (tertiary/aromatic N) is 5. The minimum Gasteiger partial charge on any atom is -0.508 e. The number of ether oxygens (including phenoxy) is 4. The zero-order chi connectivity index (χ0) is 71.1. The number of phenolic OH excluding ortho intramolecular Hbond substituents is 2. The molecule has 0 spiro atoms. The number of aliphatic hydroxyl groups excluding tert-OH is 3. The number of carbonyl (C=O) groups excluding carboxylic acids is 2. The lowest BCUT2D eigenvalue weighted by Crippen LogP contribution is -2.29. The smallest absolute Gasteiger partial charge is 0.150 e. The maximum Gasteiger partial charge on any atom is 0.150 e. The molecule has 11 rings (SSSR count). The summed E-state index contributed by atoms with van der Waals surface area (Å²) in [5.74, 6) is 5.33. The molecule has 0 unspecified atom stereocenters. The highest BCUT2D eigenvalue weighted by Crippen LogP contribution is 2.19. The second kappa shape index (κ2) is 59.5. The Bertz CT molecular complexity index is 2740. The van der Waals surface area contributed by atoms with E-state index in [9.17, 15) is 9.59 Å². The van der Waals surface area contributed by atoms with Crippen LogP contribution in [0.4, 0.5) is 0 Å². The summed E-state index contributed by atoms with van der Waals surface area (Å²) in [6.07, 6.45) is 28.8. The topological polar surface area (TPSA) is 188 Å². The van der Waals surface area contributed by atoms with Gasteiger partial charge in [-0.2, -0.15) is 0 Å². The van der Waals surface area contributed by atoms with E-state index in [2.05, 4.69) is 24.5 Å². The number of hydrogen-bond acceptors (Lipinski definition) is 16. The second-order valence-corrected chi connectivity index (χ2v) is 26.6. The van der Waals surface area contributed by atoms with E-state index in [0.29, 0.717) is 17.0 Å². The van der Waals surface area contributed by atoms with Crippen molar-refractivity contribution in [3.05, 3.63) is 179 Å². The summed E-state index contributed by atoms with van der Waals surface area (Å²) in [5, 5.41) is 44.0. The highest BCUT2D eigenvalue weighted by Gasteiger charge is 2.13. The van der Waals surface area contributed by atoms with Gasteiger partial charge in [-0.15, -0.1) is 48.0 Å². The van der Waals surface area contributed by atoms with Gasteiger partial charge in [-0.25, -0.2) is 0 Å². The predicted molar refractivity (Wildman–Crippen MR) is 422 cm³/mol. The first-order chi connectivity index (χ1) is 49.1. The van der Waals surface area contributed by atoms with Crippen LogP contribution >= 0.6 is 48.0 Å². The molecule has 5 N–H and O–H groups in total. The molecular formula is C82H121Cl4N5O11. The van der Waals surface area contributed by atoms with Crippen LogP contribution in [0.5, 0.6) is 34.5 Å². The number of phenols is 2. The average molecular weight is 1490 g/mol. The van der Waals surface area contributed by atoms with Gasteiger partial charge >= 0.3 is 0 Å². The molecule has 16 nitrogen and oxygen atoms in total. The minimum atomic E-state index is 0. The summed E-state index contributed by atoms with van der Waals surface area (Å²) in [4.78, 5) is 33.0. The van der Waals surface area contributed by atoms with Gasteiger partial charge in [-0.3, -0.25) is 29.2 Å². The number of hydrogen-bond donors (Lipinski definition) is 5. The number of aliphatic hydroxyl groups is 3. The van der Waals surface area contributed by atoms with E-state index in [1.165, 1.54) is 206 Å². The maximum atomic E-state index is 10.5. The quantitative estimate of drug-likeness (QED) is 0.0284. The molecule has 5 saturated heterocycles. The Labute approximate surface area is 633 Å². The van der Waals surface area contributed by atoms with Gasteiger partial charge in [0.15, 0.2) is 0 Å². The van der Waals surface area contributed by atoms with E-state index in [4.69, 9.17) is 67.7 Å². The lowest BCUT2D eigenvalue weighted by Gasteiger charge is -2.19. The normalized spacial score (nSPS) is 16.0. The molecule has 0 atom stereocenters. The Hall–Kier alpha value is -5.70. The fourth-order valence-corrected chi connectivity index (χ4v) is 12.4. The SMILES string of the molecule is Cl.Cl.ClCCN1CCCCCC1.ClCc1ccc(OCCN2CCCCCC2)cc1.O=Cc1ccc(O)cc1.O=Cc1ccc(OCCN2CCCCCC2)cc1.OCc1ccc(O)cc1.OCc1ccc(OCCN2CCCCCC2)cc1.OCc1ccc(OCCN2CCCCCC2)cc1. The number of benzene rings is 6. The Morgan fingerprint density at radius 1 is 0.294 bits per heavy atom. The molecule has 5 aliphatic rings. The first-order valence-corrected chi connectivity index (χ1v) is 38.1. The third-order valence-corrected chi connectivity index (χ3v) is 18.5. The van der Waals surface area contributed by atoms with Crippen molar-refractivity contribution < 1.29 is 54.1 Å². The van der Waals surface area contributed by atoms with E-state index in [-0.39, 0.29) is 56.1 Å². The second-order valence-electron chi connectivity index (χ2n) is 26.0. The van der Waals surface area contributed by atoms with E-state index in [1.54, 1.807) is 48.5 Å². The van der Waals surface area contributed by atoms with Crippen molar-refractivity contribution in [2.45, 2.75) is 154 Å². The third-order valence-electron chi connectivity index (χ3n) is 18.1. The first-order valence-electron chi connectivity index (χ1n) is 37.0. The van der Waals surface area contributed by atoms with Gasteiger partial charge in [0.2, 0.25) is 0 Å². The largest absolute Gasteiger partial charge is 0.508 e. The van der Waals surface area contributed by atoms with Crippen LogP contribution < -0.4 is 18.9 Å². The number of rotatable bonds is 24. The predicted octanol–water partition coefficient (Wildman–Crippen LogP) is 16.3. The molecule has 6 aromatic carbocycles. The molecule has 0 radical (unpaired) electrons. The standard InChI is InChI=1S/C15H22ClNO.2C15H23NO2.C15H21NO2.C8H16ClN.C7H8O2.C7H6O2.2ClH/c16-13-14-5-7-15(8-6-14)18-12-11-17-9-3-1-2-4-10-17;3*17-13-14-5-7-15(8-6-14)18-12-11-16-9-3-1-2-4-10-16;9-5-8-10-6-3-1-2-4-7-10;2*8-5-6-1-3-7(9)4-2-6;;/h5-8H,1-4,9-13H2;2*5-8,17H,1-4,9-13H2;5-8,13H,1-4,9-12H2;1-8H2;1-4,8-9H,5H2;1-5,9H;2*1H. The molecule has 6 aromatic rings. The molecule has 0 aliphatic carbocycles. The monoisotopic (exact) mass is 1490 g/mol. The van der Waals surface area contributed by atoms with Gasteiger partial charge in [0.05, 0.1) is 19.8 Å². The Kier molecular flexibility index (Phi) is 52.8. The molecule has 0 aromatic heterocycles. The highest BCUT2D eigenvalue weighted by atomic mass is 35.5. The van der Waals surface area contributed by atoms with Crippen molar-refractivity contribution in [3.63, 3.8) is 0 Å². The molecule has 20 heteroatoms. The molecule has 568 valence electrons. The Balaban J connectivity index is 0.000000314. The lowest BCUT2D eigenvalue weighted by atomic mass is 10.2. The zero-order valence-electron chi connectivity index (χ0n) is 60.6. The lowest BCUT2D eigenvalue weighted by molar-refractivity contribution is 0.111. The Morgan fingerprint density at radius 2 is 0.500 bits per heavy atom. The summed E-state index contributed by atoms with van der Waals surface area (Å²) in [7, 11) is 0. The van der Waals surface area contributed by atoms with Crippen LogP contribution in [0.15, 0.2) is 146 Å². The highest BCUT2D eigenvalue weighted by molar-refractivity contribution is 6.18. The molecule has 0 saturated carbocycles. The number of alkyl halides is 2. The van der Waals surface area contributed by atoms with Crippen LogP contribution in [0, 0.1) is 0 Å². The van der Waals surface area contributed by atoms with E-state index >= 15 is 0 Å². The average Bonchev–Trinajstić information content (AvgIpc) is 1.57. The maximum absolute atomic E-state index is 10.5. The van der Waals surface area contributed by atoms with E-state index in [0.717, 1.165) is 123 Å². The van der Waals surface area contributed by atoms with Crippen molar-refractivity contribution in [2.75, 3.05) is 130 Å². The summed E-state index contributed by atoms with van der Waals surface area (Å²) in [6, 6.07) is 43.2. The summed E-state index contributed by atoms with van der Waals surface area (Å²) >= 11 is 11.4. The summed E-state index contributed by atoms with van der Waals surface area (Å²) in [5.41, 5.74) is 5.07. The van der Waals surface area contributed by atoms with Crippen molar-refractivity contribution in [1.82, 2.24) is 24.5 Å². The number of carbonyl (C=O) groups is 2. The molecule has 5 fully saturated rings. The van der Waals surface area contributed by atoms with Gasteiger partial charge < -0.3 is 49.4 Å².